The van der Waals surface area contributed by atoms with Crippen LogP contribution in [-0.4, -0.2) is 35.0 Å². The number of hydrogen-bond donors (Lipinski definition) is 2. The molecule has 0 aromatic rings. The van der Waals surface area contributed by atoms with Crippen molar-refractivity contribution in [2.75, 3.05) is 13.0 Å². The summed E-state index contributed by atoms with van der Waals surface area (Å²) >= 11 is 0. The van der Waals surface area contributed by atoms with Crippen LogP contribution in [0, 0.1) is 0 Å². The highest BCUT2D eigenvalue weighted by atomic mass is 32.3. The molecule has 0 aromatic heterocycles. The molecule has 2 N–H and O–H groups in total. The molecule has 0 unspecified atom stereocenters. The van der Waals surface area contributed by atoms with Gasteiger partial charge in [0.05, 0.1) is 7.11 Å². The summed E-state index contributed by atoms with van der Waals surface area (Å²) in [5.41, 5.74) is 0. The fourth-order valence-electron chi connectivity index (χ4n) is 0.216. The second kappa shape index (κ2) is 3.45. The second-order valence-electron chi connectivity index (χ2n) is 1.45. The van der Waals surface area contributed by atoms with Crippen LogP contribution in [0.2, 0.25) is 0 Å². The maximum atomic E-state index is 10.4. The Bertz CT molecular complexity index is 267. The van der Waals surface area contributed by atoms with Crippen LogP contribution < -0.4 is 4.13 Å². The van der Waals surface area contributed by atoms with Gasteiger partial charge in [-0.1, -0.05) is 4.13 Å². The maximum absolute atomic E-state index is 10.4. The number of nitrogens with one attached hydrogen (secondary N) is 1. The van der Waals surface area contributed by atoms with Crippen molar-refractivity contribution in [1.29, 1.82) is 0 Å². The minimum atomic E-state index is -4.29. The summed E-state index contributed by atoms with van der Waals surface area (Å²) in [4.78, 5) is 0. The third-order valence-corrected chi connectivity index (χ3v) is 3.23. The number of aliphatic hydroxyl groups excluding tert-OH is 1. The largest absolute Gasteiger partial charge is 0.379 e. The van der Waals surface area contributed by atoms with Crippen molar-refractivity contribution < 1.29 is 26.1 Å². The van der Waals surface area contributed by atoms with E-state index in [1.165, 1.54) is 0 Å². The molecule has 0 aliphatic rings. The van der Waals surface area contributed by atoms with E-state index in [1.807, 2.05) is 0 Å². The van der Waals surface area contributed by atoms with E-state index in [2.05, 4.69) is 4.18 Å². The highest BCUT2D eigenvalue weighted by Gasteiger charge is 2.18. The monoisotopic (exact) mass is 205 g/mol. The van der Waals surface area contributed by atoms with Crippen molar-refractivity contribution in [2.45, 2.75) is 0 Å². The summed E-state index contributed by atoms with van der Waals surface area (Å²) in [6.07, 6.45) is 0. The molecular weight excluding hydrogens is 198 g/mol. The van der Waals surface area contributed by atoms with Gasteiger partial charge in [-0.2, -0.15) is 8.42 Å². The molecule has 0 radical (unpaired) electrons. The number of hydrogen-bond acceptors (Lipinski definition) is 6. The summed E-state index contributed by atoms with van der Waals surface area (Å²) in [5, 5.41) is 8.08. The zero-order valence-electron chi connectivity index (χ0n) is 5.51. The quantitative estimate of drug-likeness (QED) is 0.536. The topological polar surface area (TPSA) is 110 Å². The van der Waals surface area contributed by atoms with Gasteiger partial charge in [-0.05, 0) is 0 Å². The van der Waals surface area contributed by atoms with Crippen LogP contribution in [0.1, 0.15) is 0 Å². The molecule has 0 atom stereocenters. The van der Waals surface area contributed by atoms with Crippen molar-refractivity contribution in [3.63, 3.8) is 0 Å². The van der Waals surface area contributed by atoms with Crippen LogP contribution in [0.3, 0.4) is 0 Å². The van der Waals surface area contributed by atoms with Crippen LogP contribution in [0.5, 0.6) is 0 Å². The Morgan fingerprint density at radius 2 is 1.82 bits per heavy atom. The minimum Gasteiger partial charge on any atom is -0.379 e. The van der Waals surface area contributed by atoms with Crippen LogP contribution in [-0.2, 0) is 24.5 Å². The lowest BCUT2D eigenvalue weighted by molar-refractivity contribution is 0.355. The van der Waals surface area contributed by atoms with Gasteiger partial charge in [0.2, 0.25) is 10.0 Å². The van der Waals surface area contributed by atoms with E-state index >= 15 is 0 Å². The molecule has 0 amide bonds. The molecular formula is C2H7NO6S2. The van der Waals surface area contributed by atoms with Gasteiger partial charge in [0.25, 0.3) is 0 Å². The highest BCUT2D eigenvalue weighted by Crippen LogP contribution is 1.88. The van der Waals surface area contributed by atoms with Crippen LogP contribution in [0.4, 0.5) is 0 Å². The molecule has 0 saturated heterocycles. The van der Waals surface area contributed by atoms with Crippen LogP contribution in [0.25, 0.3) is 0 Å². The molecule has 0 aliphatic carbocycles. The van der Waals surface area contributed by atoms with E-state index in [0.717, 1.165) is 11.2 Å². The van der Waals surface area contributed by atoms with Crippen molar-refractivity contribution in [1.82, 2.24) is 4.13 Å². The SMILES string of the molecule is COS(=O)(=O)NS(=O)(=O)CO. The van der Waals surface area contributed by atoms with E-state index in [-0.39, 0.29) is 0 Å². The van der Waals surface area contributed by atoms with Gasteiger partial charge in [-0.15, -0.1) is 0 Å². The summed E-state index contributed by atoms with van der Waals surface area (Å²) in [7, 11) is -7.70. The third-order valence-electron chi connectivity index (χ3n) is 0.618. The van der Waals surface area contributed by atoms with Gasteiger partial charge in [-0.3, -0.25) is 4.18 Å². The van der Waals surface area contributed by atoms with Gasteiger partial charge in [0.15, 0.2) is 5.94 Å². The molecule has 0 fully saturated rings. The summed E-state index contributed by atoms with van der Waals surface area (Å²) < 4.78 is 46.3. The Labute approximate surface area is 64.3 Å². The number of rotatable bonds is 4. The first-order chi connectivity index (χ1) is 4.83. The Balaban J connectivity index is 4.54. The molecule has 0 rings (SSSR count). The van der Waals surface area contributed by atoms with Gasteiger partial charge < -0.3 is 5.11 Å². The van der Waals surface area contributed by atoms with E-state index in [1.54, 1.807) is 0 Å². The molecule has 0 aliphatic heterocycles. The summed E-state index contributed by atoms with van der Waals surface area (Å²) in [6.45, 7) is 0. The molecule has 0 spiro atoms. The predicted molar refractivity (Wildman–Crippen MR) is 35.1 cm³/mol. The Morgan fingerprint density at radius 1 is 1.36 bits per heavy atom. The fourth-order valence-corrected chi connectivity index (χ4v) is 1.94. The molecule has 0 bridgehead atoms. The van der Waals surface area contributed by atoms with Crippen molar-refractivity contribution in [2.24, 2.45) is 0 Å². The zero-order chi connectivity index (χ0) is 9.12. The standard InChI is InChI=1S/C2H7NO6S2/c1-9-11(7,8)3-10(5,6)2-4/h3-4H,2H2,1H3. The zero-order valence-corrected chi connectivity index (χ0v) is 7.15. The number of sulfonamides is 1. The van der Waals surface area contributed by atoms with E-state index in [9.17, 15) is 16.8 Å². The summed E-state index contributed by atoms with van der Waals surface area (Å²) in [6, 6.07) is 0. The first-order valence-electron chi connectivity index (χ1n) is 2.25. The number of aliphatic hydroxyl groups is 1. The average Bonchev–Trinajstić information content (AvgIpc) is 1.86. The predicted octanol–water partition coefficient (Wildman–Crippen LogP) is -2.25. The lowest BCUT2D eigenvalue weighted by Gasteiger charge is -2.01. The first-order valence-corrected chi connectivity index (χ1v) is 5.32. The van der Waals surface area contributed by atoms with Crippen LogP contribution >= 0.6 is 0 Å². The third kappa shape index (κ3) is 4.27. The Hall–Kier alpha value is -0.220. The van der Waals surface area contributed by atoms with Crippen molar-refractivity contribution in [3.8, 4) is 0 Å². The van der Waals surface area contributed by atoms with Gasteiger partial charge >= 0.3 is 10.3 Å². The van der Waals surface area contributed by atoms with E-state index < -0.39 is 26.3 Å². The molecule has 7 nitrogen and oxygen atoms in total. The van der Waals surface area contributed by atoms with E-state index in [0.29, 0.717) is 0 Å². The lowest BCUT2D eigenvalue weighted by atomic mass is 11.7. The van der Waals surface area contributed by atoms with Crippen molar-refractivity contribution >= 4 is 20.3 Å². The maximum Gasteiger partial charge on any atom is 0.348 e. The highest BCUT2D eigenvalue weighted by molar-refractivity contribution is 8.02. The molecule has 0 saturated carbocycles. The Morgan fingerprint density at radius 3 is 2.09 bits per heavy atom. The first kappa shape index (κ1) is 10.8. The van der Waals surface area contributed by atoms with E-state index in [4.69, 9.17) is 5.11 Å². The van der Waals surface area contributed by atoms with Crippen molar-refractivity contribution in [3.05, 3.63) is 0 Å². The molecule has 11 heavy (non-hydrogen) atoms. The fraction of sp³-hybridized carbons (Fsp3) is 1.00. The van der Waals surface area contributed by atoms with Crippen LogP contribution in [0.15, 0.2) is 0 Å². The smallest absolute Gasteiger partial charge is 0.348 e. The molecule has 0 heterocycles. The Kier molecular flexibility index (Phi) is 3.38. The second-order valence-corrected chi connectivity index (χ2v) is 4.84. The average molecular weight is 205 g/mol. The van der Waals surface area contributed by atoms with Gasteiger partial charge in [0.1, 0.15) is 0 Å². The lowest BCUT2D eigenvalue weighted by Crippen LogP contribution is -2.33. The molecule has 9 heteroatoms. The molecule has 0 aromatic carbocycles. The van der Waals surface area contributed by atoms with Gasteiger partial charge in [-0.25, -0.2) is 8.42 Å². The minimum absolute atomic E-state index is 0.787. The summed E-state index contributed by atoms with van der Waals surface area (Å²) in [5.74, 6) is -1.31. The normalized spacial score (nSPS) is 13.3. The molecule has 68 valence electrons. The van der Waals surface area contributed by atoms with Gasteiger partial charge in [0, 0.05) is 0 Å².